The summed E-state index contributed by atoms with van der Waals surface area (Å²) in [7, 11) is 0. The smallest absolute Gasteiger partial charge is 0.395 e. The third-order valence-electron chi connectivity index (χ3n) is 2.07. The van der Waals surface area contributed by atoms with Crippen LogP contribution in [0.3, 0.4) is 0 Å². The van der Waals surface area contributed by atoms with Crippen molar-refractivity contribution >= 4 is 17.4 Å². The van der Waals surface area contributed by atoms with E-state index in [9.17, 15) is 13.2 Å². The van der Waals surface area contributed by atoms with Crippen LogP contribution in [0.4, 0.5) is 19.0 Å². The lowest BCUT2D eigenvalue weighted by Gasteiger charge is -2.25. The molecule has 102 valence electrons. The molecule has 1 aromatic heterocycles. The lowest BCUT2D eigenvalue weighted by atomic mass is 10.3. The zero-order valence-electron chi connectivity index (χ0n) is 9.15. The average Bonchev–Trinajstić information content (AvgIpc) is 2.26. The molecule has 0 unspecified atom stereocenters. The van der Waals surface area contributed by atoms with Crippen molar-refractivity contribution in [1.82, 2.24) is 9.97 Å². The van der Waals surface area contributed by atoms with Crippen molar-refractivity contribution in [3.63, 3.8) is 0 Å². The van der Waals surface area contributed by atoms with Gasteiger partial charge in [-0.05, 0) is 0 Å². The number of hydrogen-bond acceptors (Lipinski definition) is 5. The summed E-state index contributed by atoms with van der Waals surface area (Å²) in [6.45, 7) is -2.65. The minimum Gasteiger partial charge on any atom is -0.395 e. The van der Waals surface area contributed by atoms with Gasteiger partial charge in [0.2, 0.25) is 0 Å². The molecule has 0 aliphatic carbocycles. The summed E-state index contributed by atoms with van der Waals surface area (Å²) < 4.78 is 37.2. The van der Waals surface area contributed by atoms with Gasteiger partial charge >= 0.3 is 6.18 Å². The van der Waals surface area contributed by atoms with Crippen molar-refractivity contribution in [3.8, 4) is 0 Å². The van der Waals surface area contributed by atoms with Crippen LogP contribution in [0, 0.1) is 0 Å². The molecule has 1 aromatic rings. The summed E-state index contributed by atoms with van der Waals surface area (Å²) in [4.78, 5) is 8.04. The summed E-state index contributed by atoms with van der Waals surface area (Å²) in [5.41, 5.74) is -0.00290. The van der Waals surface area contributed by atoms with Gasteiger partial charge in [-0.25, -0.2) is 9.97 Å². The van der Waals surface area contributed by atoms with Crippen molar-refractivity contribution in [2.45, 2.75) is 12.8 Å². The Morgan fingerprint density at radius 3 is 2.44 bits per heavy atom. The number of nitrogens with zero attached hydrogens (tertiary/aromatic N) is 3. The molecule has 9 heteroatoms. The monoisotopic (exact) mass is 285 g/mol. The molecule has 0 aromatic carbocycles. The highest BCUT2D eigenvalue weighted by atomic mass is 35.5. The van der Waals surface area contributed by atoms with Crippen LogP contribution in [0.15, 0.2) is 6.33 Å². The van der Waals surface area contributed by atoms with Crippen LogP contribution in [0.5, 0.6) is 0 Å². The number of aliphatic hydroxyl groups excluding tert-OH is 2. The Kier molecular flexibility index (Phi) is 5.12. The Labute approximate surface area is 106 Å². The van der Waals surface area contributed by atoms with Gasteiger partial charge in [0.15, 0.2) is 0 Å². The summed E-state index contributed by atoms with van der Waals surface area (Å²) >= 11 is 5.66. The standard InChI is InChI=1S/C9H11ClF3N3O2/c10-7-6(3-18)8(15-5-14-7)16(1-2-17)4-9(11,12)13/h5,17-18H,1-4H2. The van der Waals surface area contributed by atoms with Crippen molar-refractivity contribution < 1.29 is 23.4 Å². The van der Waals surface area contributed by atoms with E-state index in [0.717, 1.165) is 11.2 Å². The Hall–Kier alpha value is -1.12. The van der Waals surface area contributed by atoms with Crippen LogP contribution in [-0.4, -0.2) is 46.1 Å². The first-order valence-electron chi connectivity index (χ1n) is 4.92. The van der Waals surface area contributed by atoms with Crippen LogP contribution in [0.1, 0.15) is 5.56 Å². The molecule has 0 bridgehead atoms. The maximum atomic E-state index is 12.4. The van der Waals surface area contributed by atoms with Gasteiger partial charge in [-0.3, -0.25) is 0 Å². The molecule has 2 N–H and O–H groups in total. The molecule has 0 spiro atoms. The Bertz CT molecular complexity index is 403. The second-order valence-corrected chi connectivity index (χ2v) is 3.74. The van der Waals surface area contributed by atoms with Gasteiger partial charge < -0.3 is 15.1 Å². The van der Waals surface area contributed by atoms with E-state index in [1.54, 1.807) is 0 Å². The molecule has 0 aliphatic rings. The predicted molar refractivity (Wildman–Crippen MR) is 58.3 cm³/mol. The summed E-state index contributed by atoms with van der Waals surface area (Å²) in [5, 5.41) is 17.7. The van der Waals surface area contributed by atoms with E-state index < -0.39 is 25.9 Å². The van der Waals surface area contributed by atoms with Gasteiger partial charge in [0.05, 0.1) is 18.8 Å². The predicted octanol–water partition coefficient (Wildman–Crippen LogP) is 0.983. The fraction of sp³-hybridized carbons (Fsp3) is 0.556. The lowest BCUT2D eigenvalue weighted by molar-refractivity contribution is -0.120. The maximum absolute atomic E-state index is 12.4. The number of aliphatic hydroxyl groups is 2. The quantitative estimate of drug-likeness (QED) is 0.790. The normalized spacial score (nSPS) is 11.7. The first-order valence-corrected chi connectivity index (χ1v) is 5.29. The van der Waals surface area contributed by atoms with Crippen molar-refractivity contribution in [3.05, 3.63) is 17.0 Å². The summed E-state index contributed by atoms with van der Waals surface area (Å²) in [5.74, 6) is -0.135. The van der Waals surface area contributed by atoms with Gasteiger partial charge in [0, 0.05) is 6.54 Å². The number of rotatable bonds is 5. The number of anilines is 1. The molecule has 18 heavy (non-hydrogen) atoms. The first-order chi connectivity index (χ1) is 8.39. The highest BCUT2D eigenvalue weighted by molar-refractivity contribution is 6.30. The molecule has 5 nitrogen and oxygen atoms in total. The summed E-state index contributed by atoms with van der Waals surface area (Å²) in [6.07, 6.45) is -3.46. The molecule has 1 rings (SSSR count). The molecule has 0 atom stereocenters. The fourth-order valence-corrected chi connectivity index (χ4v) is 1.58. The molecule has 1 heterocycles. The van der Waals surface area contributed by atoms with Crippen molar-refractivity contribution in [2.24, 2.45) is 0 Å². The molecule has 0 saturated heterocycles. The summed E-state index contributed by atoms with van der Waals surface area (Å²) in [6, 6.07) is 0. The van der Waals surface area contributed by atoms with Crippen molar-refractivity contribution in [1.29, 1.82) is 0 Å². The lowest BCUT2D eigenvalue weighted by Crippen LogP contribution is -2.37. The molecular weight excluding hydrogens is 275 g/mol. The highest BCUT2D eigenvalue weighted by Crippen LogP contribution is 2.26. The number of halogens is 4. The molecule has 0 saturated carbocycles. The second kappa shape index (κ2) is 6.17. The third-order valence-corrected chi connectivity index (χ3v) is 2.39. The van der Waals surface area contributed by atoms with Gasteiger partial charge in [0.25, 0.3) is 0 Å². The van der Waals surface area contributed by atoms with Crippen molar-refractivity contribution in [2.75, 3.05) is 24.6 Å². The average molecular weight is 286 g/mol. The minimum atomic E-state index is -4.46. The number of alkyl halides is 3. The molecular formula is C9H11ClF3N3O2. The van der Waals surface area contributed by atoms with Crippen LogP contribution in [-0.2, 0) is 6.61 Å². The Balaban J connectivity index is 3.09. The minimum absolute atomic E-state index is 0.00290. The highest BCUT2D eigenvalue weighted by Gasteiger charge is 2.32. The van der Waals surface area contributed by atoms with E-state index in [-0.39, 0.29) is 23.1 Å². The Morgan fingerprint density at radius 1 is 1.28 bits per heavy atom. The van der Waals surface area contributed by atoms with E-state index in [0.29, 0.717) is 0 Å². The SMILES string of the molecule is OCCN(CC(F)(F)F)c1ncnc(Cl)c1CO. The fourth-order valence-electron chi connectivity index (χ4n) is 1.39. The molecule has 0 radical (unpaired) electrons. The van der Waals surface area contributed by atoms with E-state index in [1.807, 2.05) is 0 Å². The van der Waals surface area contributed by atoms with Crippen LogP contribution < -0.4 is 4.90 Å². The Morgan fingerprint density at radius 2 is 1.94 bits per heavy atom. The van der Waals surface area contributed by atoms with Gasteiger partial charge in [-0.1, -0.05) is 11.6 Å². The third kappa shape index (κ3) is 3.97. The van der Waals surface area contributed by atoms with Gasteiger partial charge in [-0.15, -0.1) is 0 Å². The van der Waals surface area contributed by atoms with Crippen LogP contribution >= 0.6 is 11.6 Å². The van der Waals surface area contributed by atoms with Gasteiger partial charge in [0.1, 0.15) is 23.8 Å². The van der Waals surface area contributed by atoms with E-state index >= 15 is 0 Å². The van der Waals surface area contributed by atoms with Gasteiger partial charge in [-0.2, -0.15) is 13.2 Å². The maximum Gasteiger partial charge on any atom is 0.405 e. The number of hydrogen-bond donors (Lipinski definition) is 2. The molecule has 0 fully saturated rings. The molecule has 0 aliphatic heterocycles. The van der Waals surface area contributed by atoms with Crippen LogP contribution in [0.2, 0.25) is 5.15 Å². The number of aromatic nitrogens is 2. The van der Waals surface area contributed by atoms with E-state index in [4.69, 9.17) is 21.8 Å². The second-order valence-electron chi connectivity index (χ2n) is 3.39. The molecule has 0 amide bonds. The zero-order valence-corrected chi connectivity index (χ0v) is 9.91. The van der Waals surface area contributed by atoms with E-state index in [2.05, 4.69) is 9.97 Å². The largest absolute Gasteiger partial charge is 0.405 e. The van der Waals surface area contributed by atoms with Crippen LogP contribution in [0.25, 0.3) is 0 Å². The first kappa shape index (κ1) is 14.9. The topological polar surface area (TPSA) is 69.5 Å². The van der Waals surface area contributed by atoms with E-state index in [1.165, 1.54) is 0 Å². The zero-order chi connectivity index (χ0) is 13.8.